The summed E-state index contributed by atoms with van der Waals surface area (Å²) < 4.78 is 5.45. The number of fused-ring (bicyclic) bond motifs is 2. The SMILES string of the molecule is O=C1COc2ccccc2N1CCCNc1ccc2cc([N+](=O)[O-])ccc2n1. The first kappa shape index (κ1) is 17.7. The minimum Gasteiger partial charge on any atom is -0.482 e. The van der Waals surface area contributed by atoms with Gasteiger partial charge in [-0.05, 0) is 36.8 Å². The summed E-state index contributed by atoms with van der Waals surface area (Å²) in [6.07, 6.45) is 0.736. The molecule has 0 unspecified atom stereocenters. The molecule has 2 aromatic carbocycles. The molecular weight excluding hydrogens is 360 g/mol. The van der Waals surface area contributed by atoms with Crippen LogP contribution >= 0.6 is 0 Å². The van der Waals surface area contributed by atoms with Crippen LogP contribution in [0.25, 0.3) is 10.9 Å². The molecule has 1 aromatic heterocycles. The van der Waals surface area contributed by atoms with Crippen molar-refractivity contribution in [1.82, 2.24) is 4.98 Å². The number of hydrogen-bond donors (Lipinski definition) is 1. The van der Waals surface area contributed by atoms with Crippen LogP contribution in [0.4, 0.5) is 17.2 Å². The van der Waals surface area contributed by atoms with Gasteiger partial charge in [0.1, 0.15) is 11.6 Å². The number of aromatic nitrogens is 1. The fourth-order valence-electron chi connectivity index (χ4n) is 3.18. The van der Waals surface area contributed by atoms with Crippen LogP contribution in [0.1, 0.15) is 6.42 Å². The number of nitro benzene ring substituents is 1. The highest BCUT2D eigenvalue weighted by Crippen LogP contribution is 2.31. The van der Waals surface area contributed by atoms with E-state index in [9.17, 15) is 14.9 Å². The van der Waals surface area contributed by atoms with E-state index < -0.39 is 4.92 Å². The van der Waals surface area contributed by atoms with Gasteiger partial charge in [0.25, 0.3) is 11.6 Å². The Bertz CT molecular complexity index is 1050. The van der Waals surface area contributed by atoms with Crippen LogP contribution in [0.2, 0.25) is 0 Å². The van der Waals surface area contributed by atoms with Crippen LogP contribution in [0.15, 0.2) is 54.6 Å². The Morgan fingerprint density at radius 3 is 2.89 bits per heavy atom. The van der Waals surface area contributed by atoms with Gasteiger partial charge in [0.15, 0.2) is 6.61 Å². The van der Waals surface area contributed by atoms with Crippen molar-refractivity contribution < 1.29 is 14.5 Å². The number of pyridine rings is 1. The van der Waals surface area contributed by atoms with E-state index in [1.54, 1.807) is 23.1 Å². The molecular formula is C20H18N4O4. The van der Waals surface area contributed by atoms with E-state index in [4.69, 9.17) is 4.74 Å². The van der Waals surface area contributed by atoms with Gasteiger partial charge in [0.05, 0.1) is 16.1 Å². The molecule has 1 aliphatic heterocycles. The third-order valence-electron chi connectivity index (χ3n) is 4.56. The Morgan fingerprint density at radius 2 is 2.04 bits per heavy atom. The summed E-state index contributed by atoms with van der Waals surface area (Å²) in [6.45, 7) is 1.27. The Balaban J connectivity index is 1.37. The molecule has 1 N–H and O–H groups in total. The van der Waals surface area contributed by atoms with Gasteiger partial charge in [-0.25, -0.2) is 4.98 Å². The molecule has 0 saturated carbocycles. The van der Waals surface area contributed by atoms with Crippen molar-refractivity contribution in [3.8, 4) is 5.75 Å². The molecule has 0 radical (unpaired) electrons. The van der Waals surface area contributed by atoms with E-state index >= 15 is 0 Å². The second kappa shape index (κ2) is 7.51. The van der Waals surface area contributed by atoms with Gasteiger partial charge in [0.2, 0.25) is 0 Å². The van der Waals surface area contributed by atoms with Crippen LogP contribution in [0, 0.1) is 10.1 Å². The van der Waals surface area contributed by atoms with Crippen molar-refractivity contribution in [2.75, 3.05) is 29.9 Å². The van der Waals surface area contributed by atoms with Crippen molar-refractivity contribution in [3.63, 3.8) is 0 Å². The smallest absolute Gasteiger partial charge is 0.270 e. The molecule has 4 rings (SSSR count). The van der Waals surface area contributed by atoms with Crippen molar-refractivity contribution in [3.05, 3.63) is 64.7 Å². The second-order valence-corrected chi connectivity index (χ2v) is 6.41. The van der Waals surface area contributed by atoms with Crippen molar-refractivity contribution in [2.24, 2.45) is 0 Å². The summed E-state index contributed by atoms with van der Waals surface area (Å²) in [7, 11) is 0. The zero-order valence-electron chi connectivity index (χ0n) is 15.0. The molecule has 2 heterocycles. The molecule has 0 saturated heterocycles. The minimum atomic E-state index is -0.420. The van der Waals surface area contributed by atoms with Gasteiger partial charge in [-0.3, -0.25) is 14.9 Å². The third kappa shape index (κ3) is 3.57. The molecule has 3 aromatic rings. The highest BCUT2D eigenvalue weighted by Gasteiger charge is 2.24. The molecule has 0 aliphatic carbocycles. The van der Waals surface area contributed by atoms with Crippen LogP contribution in [-0.2, 0) is 4.79 Å². The standard InChI is InChI=1S/C20H18N4O4/c25-20-13-28-18-5-2-1-4-17(18)23(20)11-3-10-21-19-9-6-14-12-15(24(26)27)7-8-16(14)22-19/h1-2,4-9,12H,3,10-11,13H2,(H,21,22). The minimum absolute atomic E-state index is 0.0467. The van der Waals surface area contributed by atoms with Crippen LogP contribution in [-0.4, -0.2) is 35.5 Å². The van der Waals surface area contributed by atoms with E-state index in [0.717, 1.165) is 23.2 Å². The summed E-state index contributed by atoms with van der Waals surface area (Å²) in [5.41, 5.74) is 1.53. The lowest BCUT2D eigenvalue weighted by molar-refractivity contribution is -0.384. The Hall–Kier alpha value is -3.68. The lowest BCUT2D eigenvalue weighted by atomic mass is 10.2. The Kier molecular flexibility index (Phi) is 4.76. The fraction of sp³-hybridized carbons (Fsp3) is 0.200. The van der Waals surface area contributed by atoms with Crippen LogP contribution in [0.3, 0.4) is 0 Å². The molecule has 8 heteroatoms. The number of nitrogens with one attached hydrogen (secondary N) is 1. The maximum absolute atomic E-state index is 12.2. The number of nitrogens with zero attached hydrogens (tertiary/aromatic N) is 3. The molecule has 1 amide bonds. The summed E-state index contributed by atoms with van der Waals surface area (Å²) in [5.74, 6) is 1.36. The van der Waals surface area contributed by atoms with Gasteiger partial charge < -0.3 is 15.0 Å². The molecule has 0 bridgehead atoms. The first-order valence-corrected chi connectivity index (χ1v) is 8.93. The van der Waals surface area contributed by atoms with Gasteiger partial charge in [-0.1, -0.05) is 12.1 Å². The monoisotopic (exact) mass is 378 g/mol. The quantitative estimate of drug-likeness (QED) is 0.401. The summed E-state index contributed by atoms with van der Waals surface area (Å²) in [5, 5.41) is 14.8. The molecule has 142 valence electrons. The highest BCUT2D eigenvalue weighted by atomic mass is 16.6. The Labute approximate surface area is 160 Å². The number of ether oxygens (including phenoxy) is 1. The molecule has 8 nitrogen and oxygen atoms in total. The fourth-order valence-corrected chi connectivity index (χ4v) is 3.18. The maximum atomic E-state index is 12.2. The van der Waals surface area contributed by atoms with E-state index in [1.165, 1.54) is 12.1 Å². The largest absolute Gasteiger partial charge is 0.482 e. The molecule has 0 fully saturated rings. The van der Waals surface area contributed by atoms with Crippen LogP contribution < -0.4 is 15.0 Å². The zero-order valence-corrected chi connectivity index (χ0v) is 15.0. The number of benzene rings is 2. The van der Waals surface area contributed by atoms with Gasteiger partial charge in [0, 0.05) is 30.6 Å². The number of anilines is 2. The number of carbonyl (C=O) groups is 1. The normalized spacial score (nSPS) is 13.1. The first-order chi connectivity index (χ1) is 13.6. The van der Waals surface area contributed by atoms with Gasteiger partial charge in [-0.2, -0.15) is 0 Å². The van der Waals surface area contributed by atoms with Crippen molar-refractivity contribution in [2.45, 2.75) is 6.42 Å². The first-order valence-electron chi connectivity index (χ1n) is 8.93. The number of nitro groups is 1. The number of hydrogen-bond acceptors (Lipinski definition) is 6. The molecule has 0 atom stereocenters. The summed E-state index contributed by atoms with van der Waals surface area (Å²) in [4.78, 5) is 28.8. The lowest BCUT2D eigenvalue weighted by Crippen LogP contribution is -2.39. The Morgan fingerprint density at radius 1 is 1.18 bits per heavy atom. The van der Waals surface area contributed by atoms with Crippen molar-refractivity contribution in [1.29, 1.82) is 0 Å². The van der Waals surface area contributed by atoms with Gasteiger partial charge in [-0.15, -0.1) is 0 Å². The van der Waals surface area contributed by atoms with E-state index in [0.29, 0.717) is 24.4 Å². The third-order valence-corrected chi connectivity index (χ3v) is 4.56. The van der Waals surface area contributed by atoms with Crippen molar-refractivity contribution >= 4 is 34.0 Å². The number of carbonyl (C=O) groups excluding carboxylic acids is 1. The number of para-hydroxylation sites is 2. The van der Waals surface area contributed by atoms with E-state index in [1.807, 2.05) is 24.3 Å². The molecule has 0 spiro atoms. The average Bonchev–Trinajstić information content (AvgIpc) is 2.72. The van der Waals surface area contributed by atoms with Crippen LogP contribution in [0.5, 0.6) is 5.75 Å². The lowest BCUT2D eigenvalue weighted by Gasteiger charge is -2.29. The van der Waals surface area contributed by atoms with E-state index in [-0.39, 0.29) is 18.2 Å². The molecule has 28 heavy (non-hydrogen) atoms. The number of amides is 1. The highest BCUT2D eigenvalue weighted by molar-refractivity contribution is 5.97. The average molecular weight is 378 g/mol. The van der Waals surface area contributed by atoms with Gasteiger partial charge >= 0.3 is 0 Å². The van der Waals surface area contributed by atoms with E-state index in [2.05, 4.69) is 10.3 Å². The summed E-state index contributed by atoms with van der Waals surface area (Å²) in [6, 6.07) is 15.7. The zero-order chi connectivity index (χ0) is 19.5. The summed E-state index contributed by atoms with van der Waals surface area (Å²) >= 11 is 0. The maximum Gasteiger partial charge on any atom is 0.270 e. The number of non-ortho nitro benzene ring substituents is 1. The molecule has 1 aliphatic rings. The number of rotatable bonds is 6. The second-order valence-electron chi connectivity index (χ2n) is 6.41. The topological polar surface area (TPSA) is 97.6 Å². The predicted octanol–water partition coefficient (Wildman–Crippen LogP) is 3.37. The predicted molar refractivity (Wildman–Crippen MR) is 106 cm³/mol.